The molecule has 1 amide bonds. The zero-order valence-electron chi connectivity index (χ0n) is 9.19. The highest BCUT2D eigenvalue weighted by Gasteiger charge is 2.20. The fraction of sp³-hybridized carbons (Fsp3) is 0.273. The van der Waals surface area contributed by atoms with Crippen molar-refractivity contribution in [3.05, 3.63) is 32.4 Å². The zero-order chi connectivity index (χ0) is 13.7. The third-order valence-electron chi connectivity index (χ3n) is 2.20. The van der Waals surface area contributed by atoms with Crippen LogP contribution in [-0.4, -0.2) is 34.7 Å². The molecule has 0 saturated heterocycles. The molecule has 7 heteroatoms. The largest absolute Gasteiger partial charge is 0.480 e. The summed E-state index contributed by atoms with van der Waals surface area (Å²) in [5.74, 6) is -1.72. The van der Waals surface area contributed by atoms with E-state index in [1.54, 1.807) is 12.1 Å². The van der Waals surface area contributed by atoms with Gasteiger partial charge in [0.1, 0.15) is 6.04 Å². The Morgan fingerprint density at radius 3 is 2.61 bits per heavy atom. The van der Waals surface area contributed by atoms with E-state index in [-0.39, 0.29) is 18.6 Å². The quantitative estimate of drug-likeness (QED) is 0.673. The van der Waals surface area contributed by atoms with Crippen molar-refractivity contribution >= 4 is 46.1 Å². The van der Waals surface area contributed by atoms with Crippen molar-refractivity contribution in [2.75, 3.05) is 6.61 Å². The summed E-state index contributed by atoms with van der Waals surface area (Å²) in [6, 6.07) is 3.58. The number of benzene rings is 1. The lowest BCUT2D eigenvalue weighted by atomic mass is 10.1. The van der Waals surface area contributed by atoms with Gasteiger partial charge in [-0.1, -0.05) is 11.6 Å². The van der Waals surface area contributed by atoms with Crippen LogP contribution in [0.15, 0.2) is 18.2 Å². The summed E-state index contributed by atoms with van der Waals surface area (Å²) in [6.45, 7) is -0.315. The molecule has 98 valence electrons. The van der Waals surface area contributed by atoms with Crippen LogP contribution in [0, 0.1) is 3.57 Å². The van der Waals surface area contributed by atoms with Gasteiger partial charge >= 0.3 is 5.97 Å². The molecule has 0 aromatic heterocycles. The molecule has 18 heavy (non-hydrogen) atoms. The lowest BCUT2D eigenvalue weighted by Crippen LogP contribution is -2.41. The first-order valence-corrected chi connectivity index (χ1v) is 6.51. The zero-order valence-corrected chi connectivity index (χ0v) is 12.1. The molecule has 0 radical (unpaired) electrons. The number of halogens is 2. The lowest BCUT2D eigenvalue weighted by Gasteiger charge is -2.13. The molecular weight excluding hydrogens is 372 g/mol. The summed E-state index contributed by atoms with van der Waals surface area (Å²) in [6.07, 6.45) is -0.0425. The SMILES string of the molecule is O=C(N[C@H](CCO)C(=O)O)c1ccc(I)c(Cl)c1. The van der Waals surface area contributed by atoms with E-state index >= 15 is 0 Å². The third kappa shape index (κ3) is 4.11. The molecule has 0 fully saturated rings. The maximum atomic E-state index is 11.8. The van der Waals surface area contributed by atoms with Crippen LogP contribution in [0.5, 0.6) is 0 Å². The van der Waals surface area contributed by atoms with Gasteiger partial charge in [-0.3, -0.25) is 4.79 Å². The minimum absolute atomic E-state index is 0.0425. The molecule has 1 atom stereocenters. The molecule has 1 aromatic carbocycles. The predicted molar refractivity (Wildman–Crippen MR) is 74.8 cm³/mol. The van der Waals surface area contributed by atoms with Crippen molar-refractivity contribution in [1.29, 1.82) is 0 Å². The van der Waals surface area contributed by atoms with Crippen LogP contribution in [0.3, 0.4) is 0 Å². The predicted octanol–water partition coefficient (Wildman–Crippen LogP) is 1.51. The Kier molecular flexibility index (Phi) is 5.83. The molecule has 0 aliphatic heterocycles. The summed E-state index contributed by atoms with van der Waals surface area (Å²) < 4.78 is 0.802. The Morgan fingerprint density at radius 1 is 1.44 bits per heavy atom. The number of hydrogen-bond acceptors (Lipinski definition) is 3. The first-order chi connectivity index (χ1) is 8.45. The molecule has 0 aliphatic rings. The van der Waals surface area contributed by atoms with Crippen molar-refractivity contribution in [2.24, 2.45) is 0 Å². The average Bonchev–Trinajstić information content (AvgIpc) is 2.31. The van der Waals surface area contributed by atoms with E-state index in [4.69, 9.17) is 21.8 Å². The second kappa shape index (κ2) is 6.91. The molecule has 1 aromatic rings. The molecular formula is C11H11ClINO4. The molecule has 0 bridgehead atoms. The maximum Gasteiger partial charge on any atom is 0.326 e. The molecule has 1 rings (SSSR count). The Hall–Kier alpha value is -0.860. The number of aliphatic hydroxyl groups is 1. The summed E-state index contributed by atoms with van der Waals surface area (Å²) in [7, 11) is 0. The van der Waals surface area contributed by atoms with Crippen LogP contribution in [0.25, 0.3) is 0 Å². The van der Waals surface area contributed by atoms with Gasteiger partial charge in [0.2, 0.25) is 0 Å². The minimum Gasteiger partial charge on any atom is -0.480 e. The number of rotatable bonds is 5. The van der Waals surface area contributed by atoms with E-state index < -0.39 is 17.9 Å². The van der Waals surface area contributed by atoms with Crippen molar-refractivity contribution in [1.82, 2.24) is 5.32 Å². The number of aliphatic carboxylic acids is 1. The summed E-state index contributed by atoms with van der Waals surface area (Å²) in [5.41, 5.74) is 0.282. The number of carbonyl (C=O) groups excluding carboxylic acids is 1. The number of hydrogen-bond donors (Lipinski definition) is 3. The standard InChI is InChI=1S/C11H11ClINO4/c12-7-5-6(1-2-8(7)13)10(16)14-9(3-4-15)11(17)18/h1-2,5,9,15H,3-4H2,(H,14,16)(H,17,18)/t9-/m1/s1. The average molecular weight is 384 g/mol. The summed E-state index contributed by atoms with van der Waals surface area (Å²) >= 11 is 7.90. The van der Waals surface area contributed by atoms with E-state index in [2.05, 4.69) is 5.32 Å². The highest BCUT2D eigenvalue weighted by atomic mass is 127. The third-order valence-corrected chi connectivity index (χ3v) is 3.78. The maximum absolute atomic E-state index is 11.8. The Morgan fingerprint density at radius 2 is 2.11 bits per heavy atom. The van der Waals surface area contributed by atoms with Crippen LogP contribution in [0.2, 0.25) is 5.02 Å². The number of carboxylic acid groups (broad SMARTS) is 1. The van der Waals surface area contributed by atoms with Crippen LogP contribution in [-0.2, 0) is 4.79 Å². The molecule has 0 spiro atoms. The molecule has 0 unspecified atom stereocenters. The topological polar surface area (TPSA) is 86.6 Å². The molecule has 0 saturated carbocycles. The first kappa shape index (κ1) is 15.2. The fourth-order valence-corrected chi connectivity index (χ4v) is 1.78. The normalized spacial score (nSPS) is 11.9. The number of carboxylic acids is 1. The van der Waals surface area contributed by atoms with Gasteiger partial charge in [0.05, 0.1) is 5.02 Å². The molecule has 5 nitrogen and oxygen atoms in total. The second-order valence-electron chi connectivity index (χ2n) is 3.51. The van der Waals surface area contributed by atoms with E-state index in [1.165, 1.54) is 6.07 Å². The molecule has 0 heterocycles. The Bertz CT molecular complexity index is 466. The highest BCUT2D eigenvalue weighted by molar-refractivity contribution is 14.1. The van der Waals surface area contributed by atoms with Crippen LogP contribution in [0.1, 0.15) is 16.8 Å². The van der Waals surface area contributed by atoms with Crippen molar-refractivity contribution in [2.45, 2.75) is 12.5 Å². The van der Waals surface area contributed by atoms with Gasteiger partial charge in [-0.25, -0.2) is 4.79 Å². The smallest absolute Gasteiger partial charge is 0.326 e. The van der Waals surface area contributed by atoms with Gasteiger partial charge in [0, 0.05) is 22.2 Å². The summed E-state index contributed by atoms with van der Waals surface area (Å²) in [4.78, 5) is 22.6. The monoisotopic (exact) mass is 383 g/mol. The van der Waals surface area contributed by atoms with Gasteiger partial charge < -0.3 is 15.5 Å². The van der Waals surface area contributed by atoms with Gasteiger partial charge in [-0.15, -0.1) is 0 Å². The van der Waals surface area contributed by atoms with E-state index in [9.17, 15) is 9.59 Å². The number of nitrogens with one attached hydrogen (secondary N) is 1. The number of amides is 1. The highest BCUT2D eigenvalue weighted by Crippen LogP contribution is 2.19. The van der Waals surface area contributed by atoms with Gasteiger partial charge in [0.25, 0.3) is 5.91 Å². The van der Waals surface area contributed by atoms with Crippen LogP contribution >= 0.6 is 34.2 Å². The Labute approximate surface area is 122 Å². The molecule has 3 N–H and O–H groups in total. The second-order valence-corrected chi connectivity index (χ2v) is 5.07. The van der Waals surface area contributed by atoms with Crippen LogP contribution < -0.4 is 5.32 Å². The molecule has 0 aliphatic carbocycles. The first-order valence-electron chi connectivity index (χ1n) is 5.05. The summed E-state index contributed by atoms with van der Waals surface area (Å²) in [5, 5.41) is 20.3. The number of aliphatic hydroxyl groups excluding tert-OH is 1. The van der Waals surface area contributed by atoms with E-state index in [0.29, 0.717) is 5.02 Å². The van der Waals surface area contributed by atoms with Gasteiger partial charge in [-0.05, 0) is 40.8 Å². The van der Waals surface area contributed by atoms with E-state index in [1.807, 2.05) is 22.6 Å². The van der Waals surface area contributed by atoms with E-state index in [0.717, 1.165) is 3.57 Å². The van der Waals surface area contributed by atoms with Crippen molar-refractivity contribution in [3.8, 4) is 0 Å². The minimum atomic E-state index is -1.19. The van der Waals surface area contributed by atoms with Crippen molar-refractivity contribution in [3.63, 3.8) is 0 Å². The lowest BCUT2D eigenvalue weighted by molar-refractivity contribution is -0.139. The van der Waals surface area contributed by atoms with Gasteiger partial charge in [-0.2, -0.15) is 0 Å². The van der Waals surface area contributed by atoms with Crippen molar-refractivity contribution < 1.29 is 19.8 Å². The number of carbonyl (C=O) groups is 2. The fourth-order valence-electron chi connectivity index (χ4n) is 1.27. The van der Waals surface area contributed by atoms with Gasteiger partial charge in [0.15, 0.2) is 0 Å². The van der Waals surface area contributed by atoms with Crippen LogP contribution in [0.4, 0.5) is 0 Å². The Balaban J connectivity index is 2.80.